The SMILES string of the molecule is COP(=O)(S)OCC(O)COP([O-])(=S)OC. The van der Waals surface area contributed by atoms with Gasteiger partial charge in [-0.25, -0.2) is 4.57 Å². The predicted octanol–water partition coefficient (Wildman–Crippen LogP) is 0.296. The van der Waals surface area contributed by atoms with E-state index in [1.807, 2.05) is 0 Å². The highest BCUT2D eigenvalue weighted by Gasteiger charge is 2.19. The summed E-state index contributed by atoms with van der Waals surface area (Å²) >= 11 is 7.97. The van der Waals surface area contributed by atoms with Crippen LogP contribution in [0.5, 0.6) is 0 Å². The first-order chi connectivity index (χ1) is 7.22. The van der Waals surface area contributed by atoms with Crippen LogP contribution < -0.4 is 4.89 Å². The highest BCUT2D eigenvalue weighted by molar-refractivity contribution is 8.44. The van der Waals surface area contributed by atoms with E-state index in [2.05, 4.69) is 42.2 Å². The fourth-order valence-electron chi connectivity index (χ4n) is 0.511. The summed E-state index contributed by atoms with van der Waals surface area (Å²) in [5.41, 5.74) is 0. The largest absolute Gasteiger partial charge is 0.780 e. The van der Waals surface area contributed by atoms with Crippen molar-refractivity contribution >= 4 is 37.6 Å². The Hall–Kier alpha value is 0.990. The minimum atomic E-state index is -3.55. The smallest absolute Gasteiger partial charge is 0.385 e. The Labute approximate surface area is 104 Å². The van der Waals surface area contributed by atoms with Crippen LogP contribution in [0, 0.1) is 0 Å². The predicted molar refractivity (Wildman–Crippen MR) is 62.8 cm³/mol. The topological polar surface area (TPSA) is 97.3 Å². The normalized spacial score (nSPS) is 21.1. The average molecular weight is 311 g/mol. The zero-order valence-corrected chi connectivity index (χ0v) is 12.1. The van der Waals surface area contributed by atoms with Crippen molar-refractivity contribution in [3.8, 4) is 0 Å². The van der Waals surface area contributed by atoms with Gasteiger partial charge in [-0.3, -0.25) is 4.52 Å². The van der Waals surface area contributed by atoms with Crippen molar-refractivity contribution in [2.24, 2.45) is 0 Å². The van der Waals surface area contributed by atoms with Gasteiger partial charge in [-0.05, 0) is 0 Å². The molecule has 16 heavy (non-hydrogen) atoms. The van der Waals surface area contributed by atoms with Gasteiger partial charge >= 0.3 is 6.80 Å². The van der Waals surface area contributed by atoms with Crippen molar-refractivity contribution < 1.29 is 32.7 Å². The molecule has 0 fully saturated rings. The molecule has 0 aliphatic carbocycles. The summed E-state index contributed by atoms with van der Waals surface area (Å²) in [4.78, 5) is 11.1. The number of aliphatic hydroxyl groups excluding tert-OH is 1. The molecule has 0 aliphatic heterocycles. The summed E-state index contributed by atoms with van der Waals surface area (Å²) in [5.74, 6) is 0. The van der Waals surface area contributed by atoms with Gasteiger partial charge in [-0.1, -0.05) is 24.1 Å². The van der Waals surface area contributed by atoms with E-state index in [-0.39, 0.29) is 13.2 Å². The summed E-state index contributed by atoms with van der Waals surface area (Å²) in [6, 6.07) is 0. The van der Waals surface area contributed by atoms with E-state index in [0.717, 1.165) is 14.2 Å². The molecule has 0 bridgehead atoms. The van der Waals surface area contributed by atoms with Crippen LogP contribution in [0.3, 0.4) is 0 Å². The molecular formula is C5H13O7P2S2-. The van der Waals surface area contributed by atoms with Crippen LogP contribution >= 0.6 is 25.8 Å². The van der Waals surface area contributed by atoms with Gasteiger partial charge in [0.2, 0.25) is 0 Å². The third-order valence-corrected chi connectivity index (χ3v) is 4.76. The van der Waals surface area contributed by atoms with Gasteiger partial charge in [-0.2, -0.15) is 0 Å². The first-order valence-electron chi connectivity index (χ1n) is 3.95. The second-order valence-electron chi connectivity index (χ2n) is 2.53. The molecule has 0 saturated carbocycles. The van der Waals surface area contributed by atoms with E-state index in [4.69, 9.17) is 0 Å². The lowest BCUT2D eigenvalue weighted by atomic mass is 10.4. The van der Waals surface area contributed by atoms with Crippen LogP contribution in [-0.2, 0) is 34.5 Å². The Balaban J connectivity index is 3.89. The first kappa shape index (κ1) is 17.0. The fraction of sp³-hybridized carbons (Fsp3) is 1.00. The second-order valence-corrected chi connectivity index (χ2v) is 8.42. The molecule has 0 heterocycles. The Bertz CT molecular complexity index is 271. The lowest BCUT2D eigenvalue weighted by molar-refractivity contribution is -0.206. The van der Waals surface area contributed by atoms with Gasteiger partial charge in [-0.15, -0.1) is 0 Å². The van der Waals surface area contributed by atoms with Crippen LogP contribution in [0.15, 0.2) is 0 Å². The maximum Gasteiger partial charge on any atom is 0.385 e. The molecule has 98 valence electrons. The molecular weight excluding hydrogens is 298 g/mol. The molecule has 0 amide bonds. The van der Waals surface area contributed by atoms with Crippen LogP contribution in [0.1, 0.15) is 0 Å². The summed E-state index contributed by atoms with van der Waals surface area (Å²) in [6.45, 7) is -7.72. The maximum absolute atomic E-state index is 11.1. The van der Waals surface area contributed by atoms with E-state index < -0.39 is 19.6 Å². The number of thiol groups is 1. The Morgan fingerprint density at radius 1 is 1.38 bits per heavy atom. The molecule has 3 atom stereocenters. The standard InChI is InChI=1S/C5H14O7P2S2/c1-9-13(7,15)11-3-5(6)4-12-14(8,16)10-2/h5-6H,3-4H2,1-2H3,(H,7,15)(H,8,16)/p-1. The van der Waals surface area contributed by atoms with Gasteiger partial charge in [0.15, 0.2) is 0 Å². The third-order valence-electron chi connectivity index (χ3n) is 1.31. The maximum atomic E-state index is 11.1. The first-order valence-corrected chi connectivity index (χ1v) is 9.20. The Morgan fingerprint density at radius 3 is 2.31 bits per heavy atom. The molecule has 0 spiro atoms. The highest BCUT2D eigenvalue weighted by atomic mass is 32.7. The minimum absolute atomic E-state index is 0.354. The quantitative estimate of drug-likeness (QED) is 0.488. The van der Waals surface area contributed by atoms with Crippen LogP contribution in [0.2, 0.25) is 0 Å². The lowest BCUT2D eigenvalue weighted by Crippen LogP contribution is -2.22. The second kappa shape index (κ2) is 7.43. The van der Waals surface area contributed by atoms with Crippen molar-refractivity contribution in [1.82, 2.24) is 0 Å². The molecule has 0 saturated heterocycles. The average Bonchev–Trinajstić information content (AvgIpc) is 2.24. The van der Waals surface area contributed by atoms with Gasteiger partial charge < -0.3 is 23.6 Å². The van der Waals surface area contributed by atoms with E-state index in [1.54, 1.807) is 0 Å². The lowest BCUT2D eigenvalue weighted by Gasteiger charge is -2.26. The van der Waals surface area contributed by atoms with E-state index >= 15 is 0 Å². The van der Waals surface area contributed by atoms with Crippen molar-refractivity contribution in [2.75, 3.05) is 27.4 Å². The number of hydrogen-bond donors (Lipinski definition) is 2. The van der Waals surface area contributed by atoms with Crippen molar-refractivity contribution in [2.45, 2.75) is 6.10 Å². The Morgan fingerprint density at radius 2 is 1.88 bits per heavy atom. The molecule has 1 N–H and O–H groups in total. The number of aliphatic hydroxyl groups is 1. The van der Waals surface area contributed by atoms with Crippen molar-refractivity contribution in [3.63, 3.8) is 0 Å². The van der Waals surface area contributed by atoms with Crippen LogP contribution in [0.25, 0.3) is 0 Å². The molecule has 7 nitrogen and oxygen atoms in total. The monoisotopic (exact) mass is 311 g/mol. The van der Waals surface area contributed by atoms with Crippen LogP contribution in [0.4, 0.5) is 0 Å². The van der Waals surface area contributed by atoms with E-state index in [1.165, 1.54) is 0 Å². The third kappa shape index (κ3) is 8.14. The van der Waals surface area contributed by atoms with E-state index in [0.29, 0.717) is 0 Å². The van der Waals surface area contributed by atoms with Gasteiger partial charge in [0, 0.05) is 14.2 Å². The zero-order valence-electron chi connectivity index (χ0n) is 8.64. The fourth-order valence-corrected chi connectivity index (χ4v) is 1.82. The molecule has 0 radical (unpaired) electrons. The molecule has 3 unspecified atom stereocenters. The number of rotatable bonds is 8. The molecule has 0 aromatic carbocycles. The molecule has 0 aliphatic rings. The van der Waals surface area contributed by atoms with Crippen molar-refractivity contribution in [1.29, 1.82) is 0 Å². The highest BCUT2D eigenvalue weighted by Crippen LogP contribution is 2.52. The summed E-state index contributed by atoms with van der Waals surface area (Å²) in [6.07, 6.45) is -1.16. The van der Waals surface area contributed by atoms with Crippen LogP contribution in [-0.4, -0.2) is 38.6 Å². The minimum Gasteiger partial charge on any atom is -0.780 e. The zero-order chi connectivity index (χ0) is 12.8. The summed E-state index contributed by atoms with van der Waals surface area (Å²) in [5, 5.41) is 9.28. The van der Waals surface area contributed by atoms with Crippen molar-refractivity contribution in [3.05, 3.63) is 0 Å². The van der Waals surface area contributed by atoms with Gasteiger partial charge in [0.05, 0.1) is 13.2 Å². The molecule has 11 heteroatoms. The Kier molecular flexibility index (Phi) is 7.89. The molecule has 0 rings (SSSR count). The molecule has 0 aromatic heterocycles. The van der Waals surface area contributed by atoms with Gasteiger partial charge in [0.25, 0.3) is 0 Å². The molecule has 0 aromatic rings. The number of hydrogen-bond acceptors (Lipinski definition) is 8. The van der Waals surface area contributed by atoms with E-state index in [9.17, 15) is 14.6 Å². The van der Waals surface area contributed by atoms with Gasteiger partial charge in [0.1, 0.15) is 12.8 Å². The summed E-state index contributed by atoms with van der Waals surface area (Å²) < 4.78 is 29.1. The summed E-state index contributed by atoms with van der Waals surface area (Å²) in [7, 11) is 2.28.